The summed E-state index contributed by atoms with van der Waals surface area (Å²) in [5.41, 5.74) is 15.9. The number of carbonyl (C=O) groups excluding carboxylic acids is 1. The van der Waals surface area contributed by atoms with Crippen LogP contribution in [-0.4, -0.2) is 38.8 Å². The summed E-state index contributed by atoms with van der Waals surface area (Å²) >= 11 is 0. The predicted octanol–water partition coefficient (Wildman–Crippen LogP) is 3.39. The van der Waals surface area contributed by atoms with Crippen molar-refractivity contribution in [2.24, 2.45) is 5.73 Å². The van der Waals surface area contributed by atoms with Crippen LogP contribution in [0.3, 0.4) is 0 Å². The van der Waals surface area contributed by atoms with Crippen LogP contribution in [0.1, 0.15) is 59.2 Å². The van der Waals surface area contributed by atoms with E-state index < -0.39 is 5.91 Å². The molecule has 1 amide bonds. The summed E-state index contributed by atoms with van der Waals surface area (Å²) in [5, 5.41) is 14.7. The van der Waals surface area contributed by atoms with Gasteiger partial charge in [-0.25, -0.2) is 0 Å². The Balaban J connectivity index is 1.60. The number of benzene rings is 1. The smallest absolute Gasteiger partial charge is 0.253 e. The first-order chi connectivity index (χ1) is 15.7. The molecule has 0 bridgehead atoms. The molecule has 2 aliphatic carbocycles. The van der Waals surface area contributed by atoms with Gasteiger partial charge in [0.1, 0.15) is 18.2 Å². The molecule has 33 heavy (non-hydrogen) atoms. The van der Waals surface area contributed by atoms with E-state index in [4.69, 9.17) is 21.2 Å². The van der Waals surface area contributed by atoms with E-state index in [0.717, 1.165) is 24.0 Å². The standard InChI is InChI=1S/C25H31N5O3/c1-13-7-8-18(31)15(3)20(13)30-21(26)19(22(27)32)17-11-14(2)24(28-23(17)30)33-12-25(9-10-25)29-16-5-4-6-16/h7-8,11,16,29,31H,4-6,9-10,12,26H2,1-3H3,(H2,27,32). The minimum Gasteiger partial charge on any atom is -0.508 e. The Labute approximate surface area is 192 Å². The van der Waals surface area contributed by atoms with Crippen molar-refractivity contribution in [1.29, 1.82) is 0 Å². The lowest BCUT2D eigenvalue weighted by molar-refractivity contribution is 0.100. The van der Waals surface area contributed by atoms with Crippen LogP contribution in [0.25, 0.3) is 16.7 Å². The van der Waals surface area contributed by atoms with Crippen molar-refractivity contribution in [2.45, 2.75) is 64.5 Å². The maximum atomic E-state index is 12.3. The number of hydrogen-bond donors (Lipinski definition) is 4. The second-order valence-electron chi connectivity index (χ2n) is 9.66. The number of nitrogens with one attached hydrogen (secondary N) is 1. The molecule has 0 atom stereocenters. The van der Waals surface area contributed by atoms with Gasteiger partial charge in [0.2, 0.25) is 5.88 Å². The highest BCUT2D eigenvalue weighted by atomic mass is 16.5. The van der Waals surface area contributed by atoms with Crippen LogP contribution in [0.15, 0.2) is 18.2 Å². The highest BCUT2D eigenvalue weighted by molar-refractivity contribution is 6.11. The lowest BCUT2D eigenvalue weighted by Crippen LogP contribution is -2.47. The molecule has 0 aliphatic heterocycles. The van der Waals surface area contributed by atoms with Crippen molar-refractivity contribution >= 4 is 22.8 Å². The zero-order valence-corrected chi connectivity index (χ0v) is 19.4. The van der Waals surface area contributed by atoms with Crippen LogP contribution in [0.5, 0.6) is 11.6 Å². The van der Waals surface area contributed by atoms with Gasteiger partial charge < -0.3 is 26.6 Å². The van der Waals surface area contributed by atoms with Gasteiger partial charge in [-0.1, -0.05) is 12.5 Å². The number of nitrogen functional groups attached to an aromatic ring is 1. The summed E-state index contributed by atoms with van der Waals surface area (Å²) in [6.45, 7) is 6.18. The summed E-state index contributed by atoms with van der Waals surface area (Å²) in [7, 11) is 0. The van der Waals surface area contributed by atoms with E-state index in [1.54, 1.807) is 23.6 Å². The number of carbonyl (C=O) groups is 1. The number of aryl methyl sites for hydroxylation is 2. The van der Waals surface area contributed by atoms with Crippen LogP contribution in [0.2, 0.25) is 0 Å². The van der Waals surface area contributed by atoms with Gasteiger partial charge in [-0.2, -0.15) is 4.98 Å². The number of nitrogens with two attached hydrogens (primary N) is 2. The number of aromatic nitrogens is 2. The minimum absolute atomic E-state index is 0.0337. The van der Waals surface area contributed by atoms with E-state index in [2.05, 4.69) is 5.32 Å². The number of amides is 1. The Morgan fingerprint density at radius 2 is 2.00 bits per heavy atom. The number of pyridine rings is 1. The van der Waals surface area contributed by atoms with Gasteiger partial charge in [0.15, 0.2) is 5.65 Å². The fourth-order valence-electron chi connectivity index (χ4n) is 4.78. The second-order valence-corrected chi connectivity index (χ2v) is 9.66. The Hall–Kier alpha value is -3.26. The Morgan fingerprint density at radius 3 is 2.61 bits per heavy atom. The molecule has 6 N–H and O–H groups in total. The van der Waals surface area contributed by atoms with E-state index in [1.165, 1.54) is 19.3 Å². The number of ether oxygens (including phenoxy) is 1. The van der Waals surface area contributed by atoms with Crippen LogP contribution in [0.4, 0.5) is 5.82 Å². The van der Waals surface area contributed by atoms with Gasteiger partial charge in [-0.3, -0.25) is 9.36 Å². The van der Waals surface area contributed by atoms with Gasteiger partial charge >= 0.3 is 0 Å². The van der Waals surface area contributed by atoms with Gasteiger partial charge in [0.05, 0.1) is 16.8 Å². The molecule has 3 aromatic rings. The third-order valence-electron chi connectivity index (χ3n) is 7.15. The molecule has 2 fully saturated rings. The zero-order valence-electron chi connectivity index (χ0n) is 19.4. The molecule has 2 aromatic heterocycles. The Bertz CT molecular complexity index is 1270. The summed E-state index contributed by atoms with van der Waals surface area (Å²) < 4.78 is 7.93. The number of nitrogens with zero attached hydrogens (tertiary/aromatic N) is 2. The first-order valence-electron chi connectivity index (χ1n) is 11.5. The fraction of sp³-hybridized carbons (Fsp3) is 0.440. The summed E-state index contributed by atoms with van der Waals surface area (Å²) in [4.78, 5) is 17.1. The summed E-state index contributed by atoms with van der Waals surface area (Å²) in [6.07, 6.45) is 5.95. The SMILES string of the molecule is Cc1cc2c(C(N)=O)c(N)n(-c3c(C)ccc(O)c3C)c2nc1OCC1(NC2CCC2)CC1. The van der Waals surface area contributed by atoms with Crippen LogP contribution >= 0.6 is 0 Å². The number of hydrogen-bond acceptors (Lipinski definition) is 6. The van der Waals surface area contributed by atoms with Gasteiger partial charge in [0.25, 0.3) is 5.91 Å². The average molecular weight is 450 g/mol. The molecule has 174 valence electrons. The largest absolute Gasteiger partial charge is 0.508 e. The number of anilines is 1. The maximum Gasteiger partial charge on any atom is 0.253 e. The third-order valence-corrected chi connectivity index (χ3v) is 7.15. The molecule has 0 radical (unpaired) electrons. The van der Waals surface area contributed by atoms with Gasteiger partial charge in [0, 0.05) is 22.6 Å². The lowest BCUT2D eigenvalue weighted by atomic mass is 9.92. The van der Waals surface area contributed by atoms with E-state index in [9.17, 15) is 9.90 Å². The molecule has 0 spiro atoms. The number of phenolic OH excluding ortho intramolecular Hbond substituents is 1. The molecular formula is C25H31N5O3. The quantitative estimate of drug-likeness (QED) is 0.438. The number of fused-ring (bicyclic) bond motifs is 1. The summed E-state index contributed by atoms with van der Waals surface area (Å²) in [5.74, 6) is 0.222. The van der Waals surface area contributed by atoms with Crippen molar-refractivity contribution in [2.75, 3.05) is 12.3 Å². The number of phenols is 1. The number of rotatable bonds is 7. The maximum absolute atomic E-state index is 12.3. The van der Waals surface area contributed by atoms with E-state index in [1.807, 2.05) is 19.9 Å². The van der Waals surface area contributed by atoms with Gasteiger partial charge in [-0.05, 0) is 64.2 Å². The third kappa shape index (κ3) is 3.58. The number of primary amides is 1. The van der Waals surface area contributed by atoms with Crippen molar-refractivity contribution < 1.29 is 14.6 Å². The second kappa shape index (κ2) is 7.66. The summed E-state index contributed by atoms with van der Waals surface area (Å²) in [6, 6.07) is 5.90. The monoisotopic (exact) mass is 449 g/mol. The average Bonchev–Trinajstić information content (AvgIpc) is 3.45. The molecule has 2 saturated carbocycles. The highest BCUT2D eigenvalue weighted by Crippen LogP contribution is 2.40. The van der Waals surface area contributed by atoms with Crippen LogP contribution < -0.4 is 21.5 Å². The van der Waals surface area contributed by atoms with Crippen molar-refractivity contribution in [3.05, 3.63) is 40.5 Å². The fourth-order valence-corrected chi connectivity index (χ4v) is 4.78. The topological polar surface area (TPSA) is 128 Å². The van der Waals surface area contributed by atoms with Gasteiger partial charge in [-0.15, -0.1) is 0 Å². The molecular weight excluding hydrogens is 418 g/mol. The normalized spacial score (nSPS) is 17.2. The first kappa shape index (κ1) is 21.6. The molecule has 5 rings (SSSR count). The molecule has 1 aromatic carbocycles. The number of aromatic hydroxyl groups is 1. The van der Waals surface area contributed by atoms with Crippen molar-refractivity contribution in [3.63, 3.8) is 0 Å². The minimum atomic E-state index is -0.622. The van der Waals surface area contributed by atoms with E-state index >= 15 is 0 Å². The van der Waals surface area contributed by atoms with Crippen molar-refractivity contribution in [1.82, 2.24) is 14.9 Å². The van der Waals surface area contributed by atoms with E-state index in [0.29, 0.717) is 40.8 Å². The molecule has 8 nitrogen and oxygen atoms in total. The first-order valence-corrected chi connectivity index (χ1v) is 11.5. The van der Waals surface area contributed by atoms with Crippen molar-refractivity contribution in [3.8, 4) is 17.3 Å². The highest BCUT2D eigenvalue weighted by Gasteiger charge is 2.45. The van der Waals surface area contributed by atoms with E-state index in [-0.39, 0.29) is 22.7 Å². The molecule has 0 saturated heterocycles. The molecule has 0 unspecified atom stereocenters. The van der Waals surface area contributed by atoms with Crippen LogP contribution in [0, 0.1) is 20.8 Å². The Morgan fingerprint density at radius 1 is 1.27 bits per heavy atom. The van der Waals surface area contributed by atoms with Crippen LogP contribution in [-0.2, 0) is 0 Å². The Kier molecular flexibility index (Phi) is 5.01. The zero-order chi connectivity index (χ0) is 23.5. The molecule has 8 heteroatoms. The predicted molar refractivity (Wildman–Crippen MR) is 128 cm³/mol. The molecule has 2 aliphatic rings. The molecule has 2 heterocycles. The lowest BCUT2D eigenvalue weighted by Gasteiger charge is -2.31.